The zero-order valence-corrected chi connectivity index (χ0v) is 13.6. The zero-order valence-electron chi connectivity index (χ0n) is 13.6. The number of oxazole rings is 1. The van der Waals surface area contributed by atoms with Gasteiger partial charge in [0, 0.05) is 12.0 Å². The molecule has 0 saturated carbocycles. The molecule has 3 N–H and O–H groups in total. The molecule has 1 amide bonds. The molecule has 0 bridgehead atoms. The van der Waals surface area contributed by atoms with E-state index >= 15 is 0 Å². The summed E-state index contributed by atoms with van der Waals surface area (Å²) >= 11 is 0. The number of carbonyl (C=O) groups is 1. The van der Waals surface area contributed by atoms with Crippen LogP contribution in [-0.2, 0) is 4.79 Å². The molecule has 1 aromatic carbocycles. The Labute approximate surface area is 137 Å². The van der Waals surface area contributed by atoms with E-state index in [1.807, 2.05) is 37.3 Å². The maximum Gasteiger partial charge on any atom is 0.220 e. The number of benzene rings is 1. The maximum absolute atomic E-state index is 11.9. The van der Waals surface area contributed by atoms with Gasteiger partial charge in [0.15, 0.2) is 5.76 Å². The highest BCUT2D eigenvalue weighted by Gasteiger charge is 2.15. The lowest BCUT2D eigenvalue weighted by atomic mass is 10.1. The first-order chi connectivity index (χ1) is 11.2. The summed E-state index contributed by atoms with van der Waals surface area (Å²) in [5, 5.41) is 2.93. The van der Waals surface area contributed by atoms with E-state index in [0.717, 1.165) is 37.8 Å². The number of nitrogens with zero attached hydrogens (tertiary/aromatic N) is 1. The van der Waals surface area contributed by atoms with Gasteiger partial charge in [-0.2, -0.15) is 0 Å². The van der Waals surface area contributed by atoms with Crippen LogP contribution >= 0.6 is 0 Å². The number of nitrogens with one attached hydrogen (secondary N) is 1. The number of carbonyl (C=O) groups excluding carboxylic acids is 1. The second-order valence-corrected chi connectivity index (χ2v) is 5.67. The van der Waals surface area contributed by atoms with Crippen molar-refractivity contribution in [2.45, 2.75) is 45.1 Å². The molecule has 0 fully saturated rings. The van der Waals surface area contributed by atoms with Crippen molar-refractivity contribution < 1.29 is 9.21 Å². The van der Waals surface area contributed by atoms with Crippen LogP contribution in [0.4, 0.5) is 0 Å². The van der Waals surface area contributed by atoms with Crippen LogP contribution in [0, 0.1) is 0 Å². The lowest BCUT2D eigenvalue weighted by molar-refractivity contribution is -0.122. The fourth-order valence-electron chi connectivity index (χ4n) is 2.38. The first-order valence-corrected chi connectivity index (χ1v) is 8.21. The van der Waals surface area contributed by atoms with Crippen LogP contribution in [-0.4, -0.2) is 17.4 Å². The third-order valence-corrected chi connectivity index (χ3v) is 3.69. The van der Waals surface area contributed by atoms with Crippen LogP contribution in [0.2, 0.25) is 0 Å². The Balaban J connectivity index is 1.80. The third-order valence-electron chi connectivity index (χ3n) is 3.69. The highest BCUT2D eigenvalue weighted by molar-refractivity contribution is 5.76. The van der Waals surface area contributed by atoms with Gasteiger partial charge in [0.2, 0.25) is 11.8 Å². The van der Waals surface area contributed by atoms with Gasteiger partial charge in [0.05, 0.1) is 6.20 Å². The Hall–Kier alpha value is -2.14. The average Bonchev–Trinajstić information content (AvgIpc) is 3.05. The third kappa shape index (κ3) is 5.53. The van der Waals surface area contributed by atoms with E-state index in [9.17, 15) is 4.79 Å². The summed E-state index contributed by atoms with van der Waals surface area (Å²) in [5.41, 5.74) is 6.42. The van der Waals surface area contributed by atoms with E-state index < -0.39 is 0 Å². The van der Waals surface area contributed by atoms with Gasteiger partial charge in [-0.3, -0.25) is 4.79 Å². The predicted octanol–water partition coefficient (Wildman–Crippen LogP) is 3.43. The molecule has 5 heteroatoms. The number of nitrogens with two attached hydrogens (primary N) is 1. The number of hydrogen-bond acceptors (Lipinski definition) is 4. The first kappa shape index (κ1) is 17.2. The first-order valence-electron chi connectivity index (χ1n) is 8.21. The lowest BCUT2D eigenvalue weighted by Crippen LogP contribution is -2.26. The molecular formula is C18H25N3O2. The highest BCUT2D eigenvalue weighted by atomic mass is 16.4. The molecule has 0 spiro atoms. The van der Waals surface area contributed by atoms with E-state index in [-0.39, 0.29) is 11.9 Å². The topological polar surface area (TPSA) is 81.2 Å². The summed E-state index contributed by atoms with van der Waals surface area (Å²) in [5.74, 6) is 1.27. The average molecular weight is 315 g/mol. The fraction of sp³-hybridized carbons (Fsp3) is 0.444. The second-order valence-electron chi connectivity index (χ2n) is 5.67. The minimum Gasteiger partial charge on any atom is -0.438 e. The fourth-order valence-corrected chi connectivity index (χ4v) is 2.38. The molecule has 0 aliphatic heterocycles. The molecule has 1 atom stereocenters. The van der Waals surface area contributed by atoms with Crippen molar-refractivity contribution in [1.29, 1.82) is 0 Å². The van der Waals surface area contributed by atoms with Gasteiger partial charge >= 0.3 is 0 Å². The molecule has 1 unspecified atom stereocenters. The van der Waals surface area contributed by atoms with Crippen LogP contribution in [0.25, 0.3) is 11.3 Å². The largest absolute Gasteiger partial charge is 0.438 e. The molecule has 2 aromatic rings. The van der Waals surface area contributed by atoms with Crippen molar-refractivity contribution in [1.82, 2.24) is 10.3 Å². The molecule has 5 nitrogen and oxygen atoms in total. The monoisotopic (exact) mass is 315 g/mol. The van der Waals surface area contributed by atoms with Crippen LogP contribution in [0.15, 0.2) is 40.9 Å². The summed E-state index contributed by atoms with van der Waals surface area (Å²) in [7, 11) is 0. The Bertz CT molecular complexity index is 595. The number of unbranched alkanes of at least 4 members (excludes halogenated alkanes) is 3. The highest BCUT2D eigenvalue weighted by Crippen LogP contribution is 2.22. The summed E-state index contributed by atoms with van der Waals surface area (Å²) in [4.78, 5) is 16.2. The Kier molecular flexibility index (Phi) is 6.81. The number of aromatic nitrogens is 1. The van der Waals surface area contributed by atoms with Crippen LogP contribution in [0.3, 0.4) is 0 Å². The minimum absolute atomic E-state index is 0.0321. The molecule has 0 saturated heterocycles. The zero-order chi connectivity index (χ0) is 16.5. The van der Waals surface area contributed by atoms with Crippen LogP contribution in [0.5, 0.6) is 0 Å². The van der Waals surface area contributed by atoms with Gasteiger partial charge in [-0.15, -0.1) is 0 Å². The van der Waals surface area contributed by atoms with Gasteiger partial charge in [0.25, 0.3) is 0 Å². The second kappa shape index (κ2) is 9.10. The molecule has 1 heterocycles. The van der Waals surface area contributed by atoms with Crippen molar-refractivity contribution in [3.8, 4) is 11.3 Å². The van der Waals surface area contributed by atoms with Crippen LogP contribution < -0.4 is 11.1 Å². The molecule has 0 aliphatic carbocycles. The van der Waals surface area contributed by atoms with E-state index in [1.54, 1.807) is 6.20 Å². The van der Waals surface area contributed by atoms with Crippen molar-refractivity contribution in [2.75, 3.05) is 6.54 Å². The Morgan fingerprint density at radius 3 is 2.70 bits per heavy atom. The number of rotatable bonds is 9. The van der Waals surface area contributed by atoms with Crippen molar-refractivity contribution >= 4 is 5.91 Å². The van der Waals surface area contributed by atoms with Crippen LogP contribution in [0.1, 0.15) is 51.0 Å². The van der Waals surface area contributed by atoms with E-state index in [2.05, 4.69) is 10.3 Å². The molecule has 0 radical (unpaired) electrons. The smallest absolute Gasteiger partial charge is 0.220 e. The lowest BCUT2D eigenvalue weighted by Gasteiger charge is -2.10. The summed E-state index contributed by atoms with van der Waals surface area (Å²) in [6.07, 6.45) is 6.26. The standard InChI is InChI=1S/C18H25N3O2/c1-14(21-17(22)11-7-2-3-8-12-19)18-20-13-16(23-18)15-9-5-4-6-10-15/h4-6,9-10,13-14H,2-3,7-8,11-12,19H2,1H3,(H,21,22). The van der Waals surface area contributed by atoms with Gasteiger partial charge in [-0.1, -0.05) is 43.2 Å². The maximum atomic E-state index is 11.9. The van der Waals surface area contributed by atoms with Gasteiger partial charge < -0.3 is 15.5 Å². The molecule has 2 rings (SSSR count). The molecule has 23 heavy (non-hydrogen) atoms. The summed E-state index contributed by atoms with van der Waals surface area (Å²) in [6, 6.07) is 9.56. The van der Waals surface area contributed by atoms with Gasteiger partial charge in [-0.05, 0) is 26.3 Å². The summed E-state index contributed by atoms with van der Waals surface area (Å²) in [6.45, 7) is 2.60. The molecular weight excluding hydrogens is 290 g/mol. The van der Waals surface area contributed by atoms with Crippen molar-refractivity contribution in [3.63, 3.8) is 0 Å². The minimum atomic E-state index is -0.232. The summed E-state index contributed by atoms with van der Waals surface area (Å²) < 4.78 is 5.75. The molecule has 0 aliphatic rings. The predicted molar refractivity (Wildman–Crippen MR) is 90.6 cm³/mol. The molecule has 1 aromatic heterocycles. The van der Waals surface area contributed by atoms with E-state index in [4.69, 9.17) is 10.2 Å². The number of amides is 1. The van der Waals surface area contributed by atoms with Crippen molar-refractivity contribution in [2.24, 2.45) is 5.73 Å². The Morgan fingerprint density at radius 1 is 1.22 bits per heavy atom. The quantitative estimate of drug-likeness (QED) is 0.695. The van der Waals surface area contributed by atoms with E-state index in [0.29, 0.717) is 18.1 Å². The normalized spacial score (nSPS) is 12.1. The molecule has 124 valence electrons. The van der Waals surface area contributed by atoms with Gasteiger partial charge in [0.1, 0.15) is 6.04 Å². The van der Waals surface area contributed by atoms with E-state index in [1.165, 1.54) is 0 Å². The van der Waals surface area contributed by atoms with Crippen molar-refractivity contribution in [3.05, 3.63) is 42.4 Å². The van der Waals surface area contributed by atoms with Gasteiger partial charge in [-0.25, -0.2) is 4.98 Å². The SMILES string of the molecule is CC(NC(=O)CCCCCCN)c1ncc(-c2ccccc2)o1. The Morgan fingerprint density at radius 2 is 1.96 bits per heavy atom. The number of hydrogen-bond donors (Lipinski definition) is 2.